The Morgan fingerprint density at radius 3 is 2.17 bits per heavy atom. The van der Waals surface area contributed by atoms with Gasteiger partial charge in [0.15, 0.2) is 0 Å². The van der Waals surface area contributed by atoms with Crippen LogP contribution in [0.4, 0.5) is 11.4 Å². The maximum absolute atomic E-state index is 12.8. The second kappa shape index (κ2) is 20.1. The van der Waals surface area contributed by atoms with E-state index < -0.39 is 0 Å². The van der Waals surface area contributed by atoms with Crippen molar-refractivity contribution < 1.29 is 9.59 Å². The molecule has 0 radical (unpaired) electrons. The summed E-state index contributed by atoms with van der Waals surface area (Å²) in [5.41, 5.74) is 9.03. The molecule has 3 rings (SSSR count). The number of rotatable bonds is 15. The fourth-order valence-electron chi connectivity index (χ4n) is 4.62. The number of carbonyl (C=O) groups is 2. The average Bonchev–Trinajstić information content (AvgIpc) is 3.48. The highest BCUT2D eigenvalue weighted by atomic mass is 16.2. The van der Waals surface area contributed by atoms with E-state index in [1.807, 2.05) is 69.5 Å². The molecule has 0 unspecified atom stereocenters. The summed E-state index contributed by atoms with van der Waals surface area (Å²) in [7, 11) is 5.92. The number of anilines is 2. The molecule has 0 atom stereocenters. The second-order valence-electron chi connectivity index (χ2n) is 12.4. The summed E-state index contributed by atoms with van der Waals surface area (Å²) in [5, 5.41) is 6.81. The number of nitrogens with zero attached hydrogens (tertiary/aromatic N) is 4. The van der Waals surface area contributed by atoms with E-state index in [0.29, 0.717) is 31.2 Å². The van der Waals surface area contributed by atoms with Gasteiger partial charge in [0.1, 0.15) is 12.1 Å². The summed E-state index contributed by atoms with van der Waals surface area (Å²) in [4.78, 5) is 32.6. The van der Waals surface area contributed by atoms with Crippen molar-refractivity contribution in [1.82, 2.24) is 25.4 Å². The number of hydrazine groups is 2. The molecule has 1 heterocycles. The van der Waals surface area contributed by atoms with Gasteiger partial charge in [0.2, 0.25) is 5.91 Å². The van der Waals surface area contributed by atoms with Gasteiger partial charge in [-0.3, -0.25) is 19.7 Å². The molecule has 1 amide bonds. The van der Waals surface area contributed by atoms with Crippen LogP contribution < -0.4 is 15.9 Å². The summed E-state index contributed by atoms with van der Waals surface area (Å²) in [6.07, 6.45) is 6.03. The fourth-order valence-corrected chi connectivity index (χ4v) is 4.62. The molecule has 9 nitrogen and oxygen atoms in total. The maximum atomic E-state index is 12.8. The van der Waals surface area contributed by atoms with E-state index in [-0.39, 0.29) is 5.91 Å². The lowest BCUT2D eigenvalue weighted by Gasteiger charge is -2.31. The Morgan fingerprint density at radius 2 is 1.61 bits per heavy atom. The first-order chi connectivity index (χ1) is 22.0. The van der Waals surface area contributed by atoms with Crippen molar-refractivity contribution in [1.29, 1.82) is 0 Å². The number of aromatic nitrogens is 2. The number of amides is 1. The van der Waals surface area contributed by atoms with E-state index in [0.717, 1.165) is 71.8 Å². The van der Waals surface area contributed by atoms with E-state index in [9.17, 15) is 9.59 Å². The zero-order valence-corrected chi connectivity index (χ0v) is 29.4. The smallest absolute Gasteiger partial charge is 0.238 e. The quantitative estimate of drug-likeness (QED) is 0.0975. The number of hydrogen-bond donors (Lipinski definition) is 3. The molecule has 3 aromatic rings. The number of aldehydes is 1. The SMILES string of the molecule is CC(C)CC=O.CCCN(C)Cc1ncc(-c2ccc(C#Cc3ccc(NC)c(N(C)NN(CCC)C(=O)CC(C)C)c3)cc2)[nH]1. The lowest BCUT2D eigenvalue weighted by molar-refractivity contribution is -0.135. The topological polar surface area (TPSA) is 96.6 Å². The Morgan fingerprint density at radius 1 is 0.957 bits per heavy atom. The number of nitrogens with one attached hydrogen (secondary N) is 3. The van der Waals surface area contributed by atoms with Gasteiger partial charge < -0.3 is 15.1 Å². The van der Waals surface area contributed by atoms with Crippen LogP contribution in [0.2, 0.25) is 0 Å². The van der Waals surface area contributed by atoms with Crippen LogP contribution in [0.5, 0.6) is 0 Å². The van der Waals surface area contributed by atoms with Crippen LogP contribution in [0.3, 0.4) is 0 Å². The molecule has 9 heteroatoms. The summed E-state index contributed by atoms with van der Waals surface area (Å²) in [6, 6.07) is 14.2. The second-order valence-corrected chi connectivity index (χ2v) is 12.4. The monoisotopic (exact) mass is 629 g/mol. The molecule has 0 aliphatic rings. The molecule has 46 heavy (non-hydrogen) atoms. The highest BCUT2D eigenvalue weighted by Crippen LogP contribution is 2.25. The number of benzene rings is 2. The molecule has 0 bridgehead atoms. The Labute approximate surface area is 277 Å². The van der Waals surface area contributed by atoms with Gasteiger partial charge in [0.25, 0.3) is 0 Å². The van der Waals surface area contributed by atoms with Crippen molar-refractivity contribution >= 4 is 23.6 Å². The Bertz CT molecular complexity index is 1400. The highest BCUT2D eigenvalue weighted by Gasteiger charge is 2.17. The molecular weight excluding hydrogens is 574 g/mol. The van der Waals surface area contributed by atoms with Crippen LogP contribution in [-0.4, -0.2) is 66.3 Å². The van der Waals surface area contributed by atoms with Gasteiger partial charge in [-0.1, -0.05) is 65.5 Å². The van der Waals surface area contributed by atoms with Crippen LogP contribution in [0, 0.1) is 23.7 Å². The lowest BCUT2D eigenvalue weighted by Crippen LogP contribution is -2.51. The van der Waals surface area contributed by atoms with Gasteiger partial charge in [-0.05, 0) is 74.2 Å². The maximum Gasteiger partial charge on any atom is 0.238 e. The van der Waals surface area contributed by atoms with Gasteiger partial charge >= 0.3 is 0 Å². The third-order valence-corrected chi connectivity index (χ3v) is 7.00. The normalized spacial score (nSPS) is 10.7. The molecule has 0 aliphatic heterocycles. The van der Waals surface area contributed by atoms with Crippen molar-refractivity contribution in [3.05, 3.63) is 65.6 Å². The van der Waals surface area contributed by atoms with Gasteiger partial charge in [-0.15, -0.1) is 5.53 Å². The third-order valence-electron chi connectivity index (χ3n) is 7.00. The minimum absolute atomic E-state index is 0.0873. The molecule has 2 aromatic carbocycles. The number of H-pyrrole nitrogens is 1. The van der Waals surface area contributed by atoms with Gasteiger partial charge in [0.05, 0.1) is 29.8 Å². The Hall–Kier alpha value is -4.13. The number of aromatic amines is 1. The van der Waals surface area contributed by atoms with Crippen LogP contribution in [0.25, 0.3) is 11.3 Å². The van der Waals surface area contributed by atoms with Crippen LogP contribution in [0.15, 0.2) is 48.7 Å². The Kier molecular flexibility index (Phi) is 16.6. The number of hydrogen-bond acceptors (Lipinski definition) is 7. The van der Waals surface area contributed by atoms with Gasteiger partial charge in [-0.25, -0.2) is 4.98 Å². The first-order valence-corrected chi connectivity index (χ1v) is 16.4. The zero-order chi connectivity index (χ0) is 34.1. The van der Waals surface area contributed by atoms with Crippen molar-refractivity contribution in [2.45, 2.75) is 73.8 Å². The zero-order valence-electron chi connectivity index (χ0n) is 29.4. The number of carbonyl (C=O) groups excluding carboxylic acids is 2. The third kappa shape index (κ3) is 13.1. The van der Waals surface area contributed by atoms with E-state index in [2.05, 4.69) is 84.4 Å². The summed E-state index contributed by atoms with van der Waals surface area (Å²) >= 11 is 0. The first kappa shape index (κ1) is 38.1. The molecule has 3 N–H and O–H groups in total. The van der Waals surface area contributed by atoms with E-state index in [4.69, 9.17) is 0 Å². The minimum Gasteiger partial charge on any atom is -0.386 e. The molecule has 0 fully saturated rings. The van der Waals surface area contributed by atoms with Crippen molar-refractivity contribution in [3.8, 4) is 23.1 Å². The largest absolute Gasteiger partial charge is 0.386 e. The predicted octanol–water partition coefficient (Wildman–Crippen LogP) is 6.73. The first-order valence-electron chi connectivity index (χ1n) is 16.4. The summed E-state index contributed by atoms with van der Waals surface area (Å²) < 4.78 is 0. The lowest BCUT2D eigenvalue weighted by atomic mass is 10.1. The summed E-state index contributed by atoms with van der Waals surface area (Å²) in [5.74, 6) is 8.46. The average molecular weight is 630 g/mol. The molecule has 1 aromatic heterocycles. The standard InChI is InChI=1S/C32H45N7O.C5H10O/c1-8-18-37(6)23-31-34-22-29(35-31)27-15-12-25(13-16-27)10-11-26-14-17-28(33-5)30(21-26)38(7)36-39(19-9-2)32(40)20-24(3)4;1-5(2)3-4-6/h12-17,21-22,24,33,36H,8-9,18-20,23H2,1-7H3,(H,34,35);4-5H,3H2,1-2H3. The van der Waals surface area contributed by atoms with Crippen LogP contribution in [0.1, 0.15) is 84.2 Å². The van der Waals surface area contributed by atoms with Gasteiger partial charge in [-0.2, -0.15) is 0 Å². The van der Waals surface area contributed by atoms with Crippen molar-refractivity contribution in [2.24, 2.45) is 11.8 Å². The molecule has 0 saturated heterocycles. The molecule has 0 aliphatic carbocycles. The molecular formula is C37H55N7O2. The van der Waals surface area contributed by atoms with Crippen LogP contribution >= 0.6 is 0 Å². The molecule has 0 spiro atoms. The molecule has 0 saturated carbocycles. The highest BCUT2D eigenvalue weighted by molar-refractivity contribution is 5.77. The van der Waals surface area contributed by atoms with E-state index in [1.165, 1.54) is 0 Å². The van der Waals surface area contributed by atoms with Crippen molar-refractivity contribution in [3.63, 3.8) is 0 Å². The minimum atomic E-state index is 0.0873. The van der Waals surface area contributed by atoms with Crippen LogP contribution in [-0.2, 0) is 16.1 Å². The predicted molar refractivity (Wildman–Crippen MR) is 191 cm³/mol. The fraction of sp³-hybridized carbons (Fsp3) is 0.486. The number of imidazole rings is 1. The summed E-state index contributed by atoms with van der Waals surface area (Å²) in [6.45, 7) is 14.9. The van der Waals surface area contributed by atoms with Gasteiger partial charge in [0, 0.05) is 44.6 Å². The molecule has 250 valence electrons. The van der Waals surface area contributed by atoms with Crippen molar-refractivity contribution in [2.75, 3.05) is 44.6 Å². The Balaban J connectivity index is 0.00000112. The van der Waals surface area contributed by atoms with E-state index >= 15 is 0 Å². The van der Waals surface area contributed by atoms with E-state index in [1.54, 1.807) is 5.01 Å².